The largest absolute Gasteiger partial charge is 0.328 e. The summed E-state index contributed by atoms with van der Waals surface area (Å²) in [5.74, 6) is 0. The van der Waals surface area contributed by atoms with Gasteiger partial charge in [-0.15, -0.1) is 0 Å². The van der Waals surface area contributed by atoms with Crippen molar-refractivity contribution >= 4 is 10.0 Å². The zero-order chi connectivity index (χ0) is 14.8. The fourth-order valence-corrected chi connectivity index (χ4v) is 3.21. The average Bonchev–Trinajstić information content (AvgIpc) is 2.40. The lowest BCUT2D eigenvalue weighted by atomic mass is 10.2. The zero-order valence-corrected chi connectivity index (χ0v) is 12.5. The molecule has 1 aliphatic heterocycles. The van der Waals surface area contributed by atoms with Crippen molar-refractivity contribution in [2.75, 3.05) is 40.3 Å². The van der Waals surface area contributed by atoms with Gasteiger partial charge in [0.05, 0.1) is 4.90 Å². The maximum atomic E-state index is 12.1. The summed E-state index contributed by atoms with van der Waals surface area (Å²) in [5, 5.41) is 0. The lowest BCUT2D eigenvalue weighted by Gasteiger charge is -2.37. The number of likely N-dealkylation sites (N-methyl/N-ethyl adjacent to an activating group) is 2. The second-order valence-electron chi connectivity index (χ2n) is 5.14. The molecular weight excluding hydrogens is 280 g/mol. The Balaban J connectivity index is 2.02. The smallest absolute Gasteiger partial charge is 0.247 e. The number of aromatic amines is 1. The Morgan fingerprint density at radius 2 is 2.10 bits per heavy atom. The van der Waals surface area contributed by atoms with Crippen LogP contribution in [0.1, 0.15) is 0 Å². The Kier molecular flexibility index (Phi) is 4.59. The first kappa shape index (κ1) is 15.2. The number of hydrogen-bond donors (Lipinski definition) is 2. The second kappa shape index (κ2) is 6.04. The molecule has 0 aliphatic carbocycles. The molecule has 0 amide bonds. The van der Waals surface area contributed by atoms with Gasteiger partial charge in [-0.25, -0.2) is 13.1 Å². The molecule has 0 radical (unpaired) electrons. The molecule has 2 heterocycles. The molecule has 2 rings (SSSR count). The number of hydrogen-bond acceptors (Lipinski definition) is 5. The first-order valence-corrected chi connectivity index (χ1v) is 7.94. The van der Waals surface area contributed by atoms with Crippen molar-refractivity contribution in [3.8, 4) is 0 Å². The van der Waals surface area contributed by atoms with Gasteiger partial charge in [0.15, 0.2) is 0 Å². The van der Waals surface area contributed by atoms with Crippen molar-refractivity contribution in [3.05, 3.63) is 28.7 Å². The highest BCUT2D eigenvalue weighted by molar-refractivity contribution is 7.89. The topological polar surface area (TPSA) is 85.5 Å². The van der Waals surface area contributed by atoms with Crippen LogP contribution in [0.3, 0.4) is 0 Å². The van der Waals surface area contributed by atoms with Crippen LogP contribution in [0.5, 0.6) is 0 Å². The Labute approximate surface area is 118 Å². The minimum atomic E-state index is -3.58. The van der Waals surface area contributed by atoms with Crippen molar-refractivity contribution in [3.63, 3.8) is 0 Å². The van der Waals surface area contributed by atoms with Gasteiger partial charge in [-0.1, -0.05) is 0 Å². The normalized spacial score (nSPS) is 22.0. The molecule has 0 bridgehead atoms. The van der Waals surface area contributed by atoms with E-state index in [1.165, 1.54) is 18.3 Å². The summed E-state index contributed by atoms with van der Waals surface area (Å²) >= 11 is 0. The van der Waals surface area contributed by atoms with Gasteiger partial charge >= 0.3 is 0 Å². The van der Waals surface area contributed by atoms with Gasteiger partial charge in [-0.3, -0.25) is 9.69 Å². The number of nitrogens with one attached hydrogen (secondary N) is 2. The first-order chi connectivity index (χ1) is 9.38. The van der Waals surface area contributed by atoms with Gasteiger partial charge < -0.3 is 9.88 Å². The number of sulfonamides is 1. The summed E-state index contributed by atoms with van der Waals surface area (Å²) in [7, 11) is 0.434. The molecule has 1 saturated heterocycles. The van der Waals surface area contributed by atoms with Crippen LogP contribution in [0.2, 0.25) is 0 Å². The maximum Gasteiger partial charge on any atom is 0.247 e. The number of piperazine rings is 1. The summed E-state index contributed by atoms with van der Waals surface area (Å²) in [6, 6.07) is 2.65. The Morgan fingerprint density at radius 3 is 2.75 bits per heavy atom. The van der Waals surface area contributed by atoms with Crippen molar-refractivity contribution in [2.24, 2.45) is 0 Å². The van der Waals surface area contributed by atoms with E-state index in [0.29, 0.717) is 6.54 Å². The van der Waals surface area contributed by atoms with E-state index in [1.807, 2.05) is 14.1 Å². The number of nitrogens with zero attached hydrogens (tertiary/aromatic N) is 2. The van der Waals surface area contributed by atoms with E-state index in [-0.39, 0.29) is 16.5 Å². The standard InChI is InChI=1S/C12H20N4O3S/c1-15-5-6-16(2)10(9-15)7-14-20(18,19)11-3-4-12(17)13-8-11/h3-4,8,10,14H,5-7,9H2,1-2H3,(H,13,17). The third-order valence-electron chi connectivity index (χ3n) is 3.56. The van der Waals surface area contributed by atoms with Crippen LogP contribution in [0.4, 0.5) is 0 Å². The van der Waals surface area contributed by atoms with Crippen LogP contribution in [0.15, 0.2) is 28.0 Å². The first-order valence-electron chi connectivity index (χ1n) is 6.46. The molecule has 7 nitrogen and oxygen atoms in total. The summed E-state index contributed by atoms with van der Waals surface area (Å²) in [6.45, 7) is 3.08. The molecule has 20 heavy (non-hydrogen) atoms. The molecule has 2 N–H and O–H groups in total. The highest BCUT2D eigenvalue weighted by atomic mass is 32.2. The second-order valence-corrected chi connectivity index (χ2v) is 6.90. The lowest BCUT2D eigenvalue weighted by Crippen LogP contribution is -2.54. The van der Waals surface area contributed by atoms with Gasteiger partial charge in [0, 0.05) is 44.5 Å². The summed E-state index contributed by atoms with van der Waals surface area (Å²) < 4.78 is 26.8. The molecule has 0 aromatic carbocycles. The van der Waals surface area contributed by atoms with Crippen LogP contribution in [-0.4, -0.2) is 69.5 Å². The average molecular weight is 300 g/mol. The van der Waals surface area contributed by atoms with Crippen LogP contribution in [0, 0.1) is 0 Å². The summed E-state index contributed by atoms with van der Waals surface area (Å²) in [4.78, 5) is 17.7. The molecule has 0 spiro atoms. The van der Waals surface area contributed by atoms with Gasteiger partial charge in [-0.05, 0) is 20.2 Å². The van der Waals surface area contributed by atoms with E-state index >= 15 is 0 Å². The van der Waals surface area contributed by atoms with Crippen LogP contribution >= 0.6 is 0 Å². The Bertz CT molecular complexity index is 593. The van der Waals surface area contributed by atoms with Crippen molar-refractivity contribution in [1.82, 2.24) is 19.5 Å². The van der Waals surface area contributed by atoms with Gasteiger partial charge in [0.25, 0.3) is 0 Å². The minimum absolute atomic E-state index is 0.0731. The highest BCUT2D eigenvalue weighted by Gasteiger charge is 2.24. The highest BCUT2D eigenvalue weighted by Crippen LogP contribution is 2.08. The Hall–Kier alpha value is -1.22. The van der Waals surface area contributed by atoms with E-state index in [0.717, 1.165) is 19.6 Å². The van der Waals surface area contributed by atoms with E-state index in [4.69, 9.17) is 0 Å². The number of H-pyrrole nitrogens is 1. The maximum absolute atomic E-state index is 12.1. The number of rotatable bonds is 4. The monoisotopic (exact) mass is 300 g/mol. The molecule has 1 unspecified atom stereocenters. The summed E-state index contributed by atoms with van der Waals surface area (Å²) in [6.07, 6.45) is 1.21. The predicted octanol–water partition coefficient (Wildman–Crippen LogP) is -1.10. The van der Waals surface area contributed by atoms with E-state index in [9.17, 15) is 13.2 Å². The molecule has 8 heteroatoms. The van der Waals surface area contributed by atoms with Gasteiger partial charge in [-0.2, -0.15) is 0 Å². The predicted molar refractivity (Wildman–Crippen MR) is 76.2 cm³/mol. The molecule has 1 aromatic heterocycles. The SMILES string of the molecule is CN1CCN(C)C(CNS(=O)(=O)c2ccc(=O)[nH]c2)C1. The van der Waals surface area contributed by atoms with E-state index < -0.39 is 10.0 Å². The lowest BCUT2D eigenvalue weighted by molar-refractivity contribution is 0.117. The molecule has 1 atom stereocenters. The molecule has 112 valence electrons. The molecule has 0 saturated carbocycles. The van der Waals surface area contributed by atoms with Crippen molar-refractivity contribution in [1.29, 1.82) is 0 Å². The zero-order valence-electron chi connectivity index (χ0n) is 11.7. The molecular formula is C12H20N4O3S. The third kappa shape index (κ3) is 3.66. The van der Waals surface area contributed by atoms with E-state index in [2.05, 4.69) is 19.5 Å². The van der Waals surface area contributed by atoms with E-state index in [1.54, 1.807) is 0 Å². The minimum Gasteiger partial charge on any atom is -0.328 e. The van der Waals surface area contributed by atoms with Crippen LogP contribution in [0.25, 0.3) is 0 Å². The summed E-state index contributed by atoms with van der Waals surface area (Å²) in [5.41, 5.74) is -0.322. The fourth-order valence-electron chi connectivity index (χ4n) is 2.17. The molecule has 1 aliphatic rings. The van der Waals surface area contributed by atoms with Crippen LogP contribution < -0.4 is 10.3 Å². The van der Waals surface area contributed by atoms with Gasteiger partial charge in [0.2, 0.25) is 15.6 Å². The number of pyridine rings is 1. The van der Waals surface area contributed by atoms with Crippen molar-refractivity contribution in [2.45, 2.75) is 10.9 Å². The molecule has 1 aromatic rings. The third-order valence-corrected chi connectivity index (χ3v) is 4.98. The number of aromatic nitrogens is 1. The van der Waals surface area contributed by atoms with Gasteiger partial charge in [0.1, 0.15) is 0 Å². The fraction of sp³-hybridized carbons (Fsp3) is 0.583. The van der Waals surface area contributed by atoms with Crippen LogP contribution in [-0.2, 0) is 10.0 Å². The Morgan fingerprint density at radius 1 is 1.35 bits per heavy atom. The van der Waals surface area contributed by atoms with Crippen molar-refractivity contribution < 1.29 is 8.42 Å². The molecule has 1 fully saturated rings. The quantitative estimate of drug-likeness (QED) is 0.737.